The number of amides is 1. The summed E-state index contributed by atoms with van der Waals surface area (Å²) in [5, 5.41) is 27.8. The smallest absolute Gasteiger partial charge is 0.267 e. The van der Waals surface area contributed by atoms with Gasteiger partial charge in [-0.15, -0.1) is 0 Å². The molecular weight excluding hydrogens is 310 g/mol. The van der Waals surface area contributed by atoms with E-state index < -0.39 is 12.0 Å². The highest BCUT2D eigenvalue weighted by Gasteiger charge is 2.18. The third-order valence-corrected chi connectivity index (χ3v) is 3.70. The van der Waals surface area contributed by atoms with Gasteiger partial charge in [0, 0.05) is 12.0 Å². The molecule has 1 aromatic rings. The average Bonchev–Trinajstić information content (AvgIpc) is 2.58. The van der Waals surface area contributed by atoms with Crippen LogP contribution < -0.4 is 10.2 Å². The Hall–Kier alpha value is -2.15. The summed E-state index contributed by atoms with van der Waals surface area (Å²) in [4.78, 5) is 11.1. The van der Waals surface area contributed by atoms with E-state index in [2.05, 4.69) is 0 Å². The fraction of sp³-hybridized carbons (Fsp3) is 0.389. The first-order valence-electron chi connectivity index (χ1n) is 7.71. The minimum Gasteiger partial charge on any atom is -0.491 e. The highest BCUT2D eigenvalue weighted by Crippen LogP contribution is 2.29. The van der Waals surface area contributed by atoms with Crippen LogP contribution in [0.25, 0.3) is 0 Å². The Morgan fingerprint density at radius 2 is 1.88 bits per heavy atom. The van der Waals surface area contributed by atoms with E-state index in [0.717, 1.165) is 11.1 Å². The fourth-order valence-corrected chi connectivity index (χ4v) is 2.23. The predicted octanol–water partition coefficient (Wildman–Crippen LogP) is 2.13. The lowest BCUT2D eigenvalue weighted by atomic mass is 9.90. The minimum absolute atomic E-state index is 0.0490. The van der Waals surface area contributed by atoms with Gasteiger partial charge in [0.15, 0.2) is 0 Å². The molecule has 0 heterocycles. The summed E-state index contributed by atoms with van der Waals surface area (Å²) in [6.45, 7) is 5.69. The van der Waals surface area contributed by atoms with Gasteiger partial charge in [0.1, 0.15) is 12.4 Å². The molecule has 132 valence electrons. The Bertz CT molecular complexity index is 592. The van der Waals surface area contributed by atoms with E-state index >= 15 is 0 Å². The van der Waals surface area contributed by atoms with Crippen LogP contribution in [0.3, 0.4) is 0 Å². The molecule has 6 nitrogen and oxygen atoms in total. The summed E-state index contributed by atoms with van der Waals surface area (Å²) in [6, 6.07) is 7.06. The van der Waals surface area contributed by atoms with Gasteiger partial charge in [0.05, 0.1) is 12.7 Å². The largest absolute Gasteiger partial charge is 0.491 e. The molecular formula is C18H25NO5. The van der Waals surface area contributed by atoms with Crippen LogP contribution in [0.1, 0.15) is 32.4 Å². The first-order chi connectivity index (χ1) is 11.4. The van der Waals surface area contributed by atoms with E-state index in [1.165, 1.54) is 6.08 Å². The second kappa shape index (κ2) is 9.87. The quantitative estimate of drug-likeness (QED) is 0.252. The summed E-state index contributed by atoms with van der Waals surface area (Å²) < 4.78 is 5.29. The number of rotatable bonds is 8. The number of hydrogen-bond acceptors (Lipinski definition) is 5. The lowest BCUT2D eigenvalue weighted by Gasteiger charge is -2.20. The van der Waals surface area contributed by atoms with Crippen molar-refractivity contribution in [2.45, 2.75) is 26.9 Å². The van der Waals surface area contributed by atoms with E-state index in [1.54, 1.807) is 42.7 Å². The third kappa shape index (κ3) is 6.16. The first-order valence-corrected chi connectivity index (χ1v) is 7.71. The van der Waals surface area contributed by atoms with Crippen LogP contribution >= 0.6 is 0 Å². The normalized spacial score (nSPS) is 14.9. The number of carbonyl (C=O) groups excluding carboxylic acids is 1. The molecule has 0 aliphatic rings. The number of nitrogens with one attached hydrogen (secondary N) is 1. The zero-order chi connectivity index (χ0) is 18.1. The molecule has 0 bridgehead atoms. The van der Waals surface area contributed by atoms with Gasteiger partial charge in [-0.25, -0.2) is 5.48 Å². The summed E-state index contributed by atoms with van der Waals surface area (Å²) in [6.07, 6.45) is 2.37. The fourth-order valence-electron chi connectivity index (χ4n) is 2.23. The van der Waals surface area contributed by atoms with E-state index in [-0.39, 0.29) is 19.1 Å². The van der Waals surface area contributed by atoms with E-state index in [0.29, 0.717) is 11.3 Å². The Morgan fingerprint density at radius 1 is 1.25 bits per heavy atom. The van der Waals surface area contributed by atoms with Crippen molar-refractivity contribution in [2.24, 2.45) is 5.92 Å². The molecule has 6 heteroatoms. The van der Waals surface area contributed by atoms with Gasteiger partial charge in [-0.05, 0) is 37.1 Å². The van der Waals surface area contributed by atoms with Crippen molar-refractivity contribution < 1.29 is 25.0 Å². The topological polar surface area (TPSA) is 99.0 Å². The zero-order valence-electron chi connectivity index (χ0n) is 14.2. The molecule has 1 aromatic carbocycles. The van der Waals surface area contributed by atoms with Crippen LogP contribution in [0, 0.1) is 5.92 Å². The summed E-state index contributed by atoms with van der Waals surface area (Å²) in [5.74, 6) is -0.119. The van der Waals surface area contributed by atoms with Crippen molar-refractivity contribution in [2.75, 3.05) is 13.2 Å². The monoisotopic (exact) mass is 335 g/mol. The number of benzene rings is 1. The number of hydrogen-bond donors (Lipinski definition) is 4. The van der Waals surface area contributed by atoms with Crippen molar-refractivity contribution in [3.05, 3.63) is 53.1 Å². The SMILES string of the molecule is CC(=C\C(=O)NO)/C=C(\C)[C@H](C)[C@H](O)c1ccc(OCCO)cc1. The van der Waals surface area contributed by atoms with Gasteiger partial charge >= 0.3 is 0 Å². The van der Waals surface area contributed by atoms with Gasteiger partial charge in [0.25, 0.3) is 5.91 Å². The molecule has 0 saturated heterocycles. The lowest BCUT2D eigenvalue weighted by molar-refractivity contribution is -0.124. The molecule has 0 saturated carbocycles. The van der Waals surface area contributed by atoms with E-state index in [4.69, 9.17) is 15.1 Å². The second-order valence-electron chi connectivity index (χ2n) is 5.63. The molecule has 0 spiro atoms. The van der Waals surface area contributed by atoms with Crippen molar-refractivity contribution in [1.82, 2.24) is 5.48 Å². The summed E-state index contributed by atoms with van der Waals surface area (Å²) in [5.41, 5.74) is 3.87. The zero-order valence-corrected chi connectivity index (χ0v) is 14.2. The van der Waals surface area contributed by atoms with Crippen LogP contribution in [0.5, 0.6) is 5.75 Å². The van der Waals surface area contributed by atoms with Crippen molar-refractivity contribution in [3.63, 3.8) is 0 Å². The molecule has 4 N–H and O–H groups in total. The molecule has 0 fully saturated rings. The Kier molecular flexibility index (Phi) is 8.18. The maximum atomic E-state index is 11.1. The molecule has 0 radical (unpaired) electrons. The molecule has 2 atom stereocenters. The molecule has 0 aliphatic heterocycles. The molecule has 0 unspecified atom stereocenters. The Labute approximate surface area is 142 Å². The van der Waals surface area contributed by atoms with Crippen molar-refractivity contribution in [1.29, 1.82) is 0 Å². The average molecular weight is 335 g/mol. The molecule has 0 aromatic heterocycles. The number of ether oxygens (including phenoxy) is 1. The van der Waals surface area contributed by atoms with Gasteiger partial charge in [-0.2, -0.15) is 0 Å². The number of hydroxylamine groups is 1. The molecule has 1 amide bonds. The predicted molar refractivity (Wildman–Crippen MR) is 90.6 cm³/mol. The van der Waals surface area contributed by atoms with Gasteiger partial charge in [0.2, 0.25) is 0 Å². The molecule has 0 aliphatic carbocycles. The van der Waals surface area contributed by atoms with Gasteiger partial charge in [-0.1, -0.05) is 30.7 Å². The third-order valence-electron chi connectivity index (χ3n) is 3.70. The number of carbonyl (C=O) groups is 1. The second-order valence-corrected chi connectivity index (χ2v) is 5.63. The van der Waals surface area contributed by atoms with E-state index in [9.17, 15) is 9.90 Å². The van der Waals surface area contributed by atoms with Crippen LogP contribution in [0.15, 0.2) is 47.6 Å². The maximum Gasteiger partial charge on any atom is 0.267 e. The Morgan fingerprint density at radius 3 is 2.42 bits per heavy atom. The Balaban J connectivity index is 2.80. The number of aliphatic hydroxyl groups is 2. The van der Waals surface area contributed by atoms with E-state index in [1.807, 2.05) is 13.8 Å². The maximum absolute atomic E-state index is 11.1. The van der Waals surface area contributed by atoms with Crippen molar-refractivity contribution >= 4 is 5.91 Å². The lowest BCUT2D eigenvalue weighted by Crippen LogP contribution is -2.15. The minimum atomic E-state index is -0.701. The van der Waals surface area contributed by atoms with Crippen LogP contribution in [-0.4, -0.2) is 34.5 Å². The summed E-state index contributed by atoms with van der Waals surface area (Å²) >= 11 is 0. The summed E-state index contributed by atoms with van der Waals surface area (Å²) in [7, 11) is 0. The van der Waals surface area contributed by atoms with Gasteiger partial charge < -0.3 is 14.9 Å². The first kappa shape index (κ1) is 19.9. The number of allylic oxidation sites excluding steroid dienone is 2. The highest BCUT2D eigenvalue weighted by atomic mass is 16.5. The van der Waals surface area contributed by atoms with Crippen LogP contribution in [0.2, 0.25) is 0 Å². The highest BCUT2D eigenvalue weighted by molar-refractivity contribution is 5.87. The molecule has 1 rings (SSSR count). The molecule has 24 heavy (non-hydrogen) atoms. The van der Waals surface area contributed by atoms with Crippen molar-refractivity contribution in [3.8, 4) is 5.75 Å². The van der Waals surface area contributed by atoms with Crippen LogP contribution in [0.4, 0.5) is 0 Å². The standard InChI is InChI=1S/C18H25NO5/c1-12(11-17(21)19-23)10-13(2)14(3)18(22)15-4-6-16(7-5-15)24-9-8-20/h4-7,10-11,14,18,20,22-23H,8-9H2,1-3H3,(H,19,21)/b12-11+,13-10+/t14-,18-/m0/s1. The van der Waals surface area contributed by atoms with Crippen LogP contribution in [-0.2, 0) is 4.79 Å². The number of aliphatic hydroxyl groups excluding tert-OH is 2. The van der Waals surface area contributed by atoms with Gasteiger partial charge in [-0.3, -0.25) is 10.0 Å².